The van der Waals surface area contributed by atoms with E-state index in [2.05, 4.69) is 158 Å². The summed E-state index contributed by atoms with van der Waals surface area (Å²) < 4.78 is 2.96. The van der Waals surface area contributed by atoms with Gasteiger partial charge in [-0.3, -0.25) is 0 Å². The van der Waals surface area contributed by atoms with Crippen LogP contribution >= 0.6 is 0 Å². The van der Waals surface area contributed by atoms with Gasteiger partial charge in [0.1, 0.15) is 0 Å². The van der Waals surface area contributed by atoms with Crippen molar-refractivity contribution in [1.29, 1.82) is 0 Å². The van der Waals surface area contributed by atoms with Crippen LogP contribution in [0.3, 0.4) is 0 Å². The van der Waals surface area contributed by atoms with Crippen molar-refractivity contribution in [3.63, 3.8) is 0 Å². The molecule has 3 aromatic heterocycles. The molecule has 6 nitrogen and oxygen atoms in total. The molecule has 0 amide bonds. The molecule has 0 N–H and O–H groups in total. The molecule has 400 valence electrons. The van der Waals surface area contributed by atoms with Crippen molar-refractivity contribution in [2.24, 2.45) is 0 Å². The van der Waals surface area contributed by atoms with Crippen molar-refractivity contribution in [1.82, 2.24) is 29.9 Å². The van der Waals surface area contributed by atoms with Gasteiger partial charge in [-0.2, -0.15) is 0 Å². The first kappa shape index (κ1) is 49.8. The van der Waals surface area contributed by atoms with Gasteiger partial charge in [0.25, 0.3) is 0 Å². The normalized spacial score (nSPS) is 11.9. The zero-order valence-corrected chi connectivity index (χ0v) is 48.1. The molecule has 0 atom stereocenters. The van der Waals surface area contributed by atoms with Crippen LogP contribution in [0.5, 0.6) is 0 Å². The van der Waals surface area contributed by atoms with E-state index in [0.29, 0.717) is 34.9 Å². The molecule has 7 heteroatoms. The Kier molecular flexibility index (Phi) is 11.9. The third-order valence-electron chi connectivity index (χ3n) is 17.0. The van der Waals surface area contributed by atoms with Crippen LogP contribution in [0.1, 0.15) is 11.1 Å². The van der Waals surface area contributed by atoms with Crippen LogP contribution in [0.2, 0.25) is 0 Å². The number of benzene rings is 14. The maximum atomic E-state index is 5.01. The van der Waals surface area contributed by atoms with Gasteiger partial charge in [-0.25, -0.2) is 15.0 Å². The fourth-order valence-electron chi connectivity index (χ4n) is 13.0. The van der Waals surface area contributed by atoms with Crippen molar-refractivity contribution in [3.05, 3.63) is 290 Å². The molecule has 1 aliphatic rings. The average Bonchev–Trinajstić information content (AvgIpc) is 2.14. The van der Waals surface area contributed by atoms with Crippen LogP contribution in [0.15, 0.2) is 279 Å². The number of aromatic nitrogens is 6. The van der Waals surface area contributed by atoms with Crippen molar-refractivity contribution in [2.75, 3.05) is 0 Å². The molecule has 3 heterocycles. The van der Waals surface area contributed by atoms with Gasteiger partial charge in [-0.1, -0.05) is 170 Å². The molecule has 0 aliphatic heterocycles. The van der Waals surface area contributed by atoms with E-state index in [0.717, 1.165) is 39.8 Å². The van der Waals surface area contributed by atoms with Gasteiger partial charge in [0.15, 0.2) is 17.5 Å². The van der Waals surface area contributed by atoms with Crippen molar-refractivity contribution < 1.29 is 0 Å². The van der Waals surface area contributed by atoms with Gasteiger partial charge in [-0.05, 0) is 67.1 Å². The quantitative estimate of drug-likeness (QED) is 0.122. The van der Waals surface area contributed by atoms with Crippen molar-refractivity contribution in [2.45, 2.75) is 6.42 Å². The molecular weight excluding hydrogens is 1110 g/mol. The van der Waals surface area contributed by atoms with Crippen LogP contribution in [-0.2, 0) is 6.42 Å². The van der Waals surface area contributed by atoms with E-state index >= 15 is 0 Å². The Balaban J connectivity index is 0.000000134. The Labute approximate surface area is 501 Å². The van der Waals surface area contributed by atoms with Gasteiger partial charge in [0, 0.05) is 16.7 Å². The number of hydrogen-bond acceptors (Lipinski definition) is 6. The summed E-state index contributed by atoms with van der Waals surface area (Å²) in [6.45, 7) is 0. The van der Waals surface area contributed by atoms with E-state index < -0.39 is 0 Å². The fourth-order valence-corrected chi connectivity index (χ4v) is 15.7. The van der Waals surface area contributed by atoms with Gasteiger partial charge in [-0.15, -0.1) is 0 Å². The Morgan fingerprint density at radius 1 is 0.233 bits per heavy atom. The van der Waals surface area contributed by atoms with Crippen LogP contribution < -0.4 is 0 Å². The fraction of sp³-hybridized carbons (Fsp3) is 0.0127. The van der Waals surface area contributed by atoms with E-state index in [1.165, 1.54) is 106 Å². The molecule has 0 fully saturated rings. The smallest absolute Gasteiger partial charge is 0.208 e. The van der Waals surface area contributed by atoms with E-state index in [9.17, 15) is 0 Å². The zero-order chi connectivity index (χ0) is 56.7. The first-order chi connectivity index (χ1) is 42.6. The Morgan fingerprint density at radius 2 is 0.581 bits per heavy atom. The van der Waals surface area contributed by atoms with Crippen LogP contribution in [0, 0.1) is 0 Å². The van der Waals surface area contributed by atoms with Crippen molar-refractivity contribution >= 4 is 98.4 Å². The summed E-state index contributed by atoms with van der Waals surface area (Å²) in [4.78, 5) is 29.8. The van der Waals surface area contributed by atoms with E-state index in [4.69, 9.17) is 29.9 Å². The summed E-state index contributed by atoms with van der Waals surface area (Å²) in [5, 5.41) is 18.1. The van der Waals surface area contributed by atoms with Gasteiger partial charge < -0.3 is 0 Å². The minimum absolute atomic E-state index is 0.272. The molecule has 0 saturated carbocycles. The summed E-state index contributed by atoms with van der Waals surface area (Å²) >= 11 is 0.272. The third-order valence-corrected chi connectivity index (χ3v) is 19.5. The number of nitrogens with zero attached hydrogens (tertiary/aromatic N) is 6. The topological polar surface area (TPSA) is 77.3 Å². The second-order valence-corrected chi connectivity index (χ2v) is 24.2. The molecule has 1 aliphatic carbocycles. The van der Waals surface area contributed by atoms with E-state index in [1.54, 1.807) is 0 Å². The standard InChI is InChI=1S/C40H25N3.C39H23N3Se/c1-3-11-25(12-4-1)38-41-39(26-13-5-2-6-14-26)43-40(42-38)29-20-22-34-35(24-29)32-18-10-9-17-31(32)33-21-19-28-23-27-15-7-8-16-30(27)36(28)37(33)34;1-3-11-24(12-4-1)37-40-38(25-13-5-2-6-14-25)42-39(41-37)26-19-20-28-31-21-22-32-29-16-9-10-18-34(29)43-36(32)35(31)30-17-8-7-15-27(30)33(28)23-26/h1-22,24H,23H2;1-23H. The summed E-state index contributed by atoms with van der Waals surface area (Å²) in [5.41, 5.74) is 11.3. The Hall–Kier alpha value is -10.8. The van der Waals surface area contributed by atoms with Crippen LogP contribution in [0.4, 0.5) is 0 Å². The van der Waals surface area contributed by atoms with Gasteiger partial charge in [0.05, 0.1) is 0 Å². The molecule has 0 unspecified atom stereocenters. The monoisotopic (exact) mass is 1160 g/mol. The SMILES string of the molecule is c1ccc(-c2nc(-c3ccccc3)nc(-c3ccc4c(c3)c3ccccc3c3c4ccc4c5ccccc5[se]c43)n2)cc1.c1ccc(-c2nc(-c3ccccc3)nc(-c3ccc4c(c3)c3ccccc3c3ccc5c(c34)-c3ccccc3C5)n2)cc1. The van der Waals surface area contributed by atoms with E-state index in [-0.39, 0.29) is 14.5 Å². The number of hydrogen-bond donors (Lipinski definition) is 0. The summed E-state index contributed by atoms with van der Waals surface area (Å²) in [7, 11) is 0. The zero-order valence-electron chi connectivity index (χ0n) is 46.4. The molecule has 86 heavy (non-hydrogen) atoms. The number of rotatable bonds is 6. The summed E-state index contributed by atoms with van der Waals surface area (Å²) in [5.74, 6) is 4.02. The molecule has 14 aromatic carbocycles. The molecule has 0 radical (unpaired) electrons. The summed E-state index contributed by atoms with van der Waals surface area (Å²) in [6.07, 6.45) is 0.975. The molecule has 0 spiro atoms. The third kappa shape index (κ3) is 8.39. The van der Waals surface area contributed by atoms with Gasteiger partial charge >= 0.3 is 218 Å². The first-order valence-corrected chi connectivity index (χ1v) is 30.8. The first-order valence-electron chi connectivity index (χ1n) is 29.0. The number of fused-ring (bicyclic) bond motifs is 20. The van der Waals surface area contributed by atoms with Crippen molar-refractivity contribution in [3.8, 4) is 79.5 Å². The molecule has 17 aromatic rings. The van der Waals surface area contributed by atoms with Crippen LogP contribution in [-0.4, -0.2) is 44.4 Å². The second kappa shape index (κ2) is 20.5. The van der Waals surface area contributed by atoms with Gasteiger partial charge in [0.2, 0.25) is 0 Å². The minimum atomic E-state index is 0.272. The molecular formula is C79H48N6Se. The average molecular weight is 1160 g/mol. The maximum absolute atomic E-state index is 5.01. The van der Waals surface area contributed by atoms with E-state index in [1.807, 2.05) is 121 Å². The predicted molar refractivity (Wildman–Crippen MR) is 358 cm³/mol. The Morgan fingerprint density at radius 3 is 1.14 bits per heavy atom. The van der Waals surface area contributed by atoms with Crippen LogP contribution in [0.25, 0.3) is 163 Å². The minimum Gasteiger partial charge on any atom is -0.208 e. The summed E-state index contributed by atoms with van der Waals surface area (Å²) in [6, 6.07) is 98.6. The molecule has 0 bridgehead atoms. The predicted octanol–water partition coefficient (Wildman–Crippen LogP) is 19.6. The molecule has 0 saturated heterocycles. The second-order valence-electron chi connectivity index (χ2n) is 22.0. The molecule has 18 rings (SSSR count). The Bertz CT molecular complexity index is 5420.